The third-order valence-electron chi connectivity index (χ3n) is 3.58. The van der Waals surface area contributed by atoms with Crippen LogP contribution in [0.4, 0.5) is 4.39 Å². The lowest BCUT2D eigenvalue weighted by Gasteiger charge is -2.36. The van der Waals surface area contributed by atoms with Gasteiger partial charge in [0.1, 0.15) is 5.82 Å². The minimum atomic E-state index is -0.163. The van der Waals surface area contributed by atoms with Crippen LogP contribution in [0.25, 0.3) is 0 Å². The van der Waals surface area contributed by atoms with Gasteiger partial charge in [-0.25, -0.2) is 4.39 Å². The Morgan fingerprint density at radius 3 is 2.89 bits per heavy atom. The van der Waals surface area contributed by atoms with Crippen molar-refractivity contribution >= 4 is 0 Å². The standard InChI is InChI=1S/C15H22FNO/c1-11-8-13(16)5-4-12(11)10-17-14-6-7-18-15(2,3)9-14/h4-5,8,14,17H,6-7,9-10H2,1-3H3. The summed E-state index contributed by atoms with van der Waals surface area (Å²) in [6.07, 6.45) is 2.07. The van der Waals surface area contributed by atoms with Gasteiger partial charge < -0.3 is 10.1 Å². The molecule has 1 aliphatic heterocycles. The van der Waals surface area contributed by atoms with E-state index in [0.29, 0.717) is 6.04 Å². The number of halogens is 1. The molecule has 0 saturated carbocycles. The second-order valence-corrected chi connectivity index (χ2v) is 5.75. The van der Waals surface area contributed by atoms with Gasteiger partial charge in [0.05, 0.1) is 5.60 Å². The summed E-state index contributed by atoms with van der Waals surface area (Å²) in [5.74, 6) is -0.163. The summed E-state index contributed by atoms with van der Waals surface area (Å²) < 4.78 is 18.7. The zero-order chi connectivity index (χ0) is 13.2. The summed E-state index contributed by atoms with van der Waals surface area (Å²) in [6, 6.07) is 5.46. The maximum atomic E-state index is 13.0. The van der Waals surface area contributed by atoms with E-state index in [1.54, 1.807) is 6.07 Å². The fourth-order valence-corrected chi connectivity index (χ4v) is 2.52. The van der Waals surface area contributed by atoms with E-state index >= 15 is 0 Å². The molecule has 1 N–H and O–H groups in total. The Labute approximate surface area is 109 Å². The summed E-state index contributed by atoms with van der Waals surface area (Å²) in [4.78, 5) is 0. The number of nitrogens with one attached hydrogen (secondary N) is 1. The van der Waals surface area contributed by atoms with Gasteiger partial charge in [0.15, 0.2) is 0 Å². The van der Waals surface area contributed by atoms with Crippen molar-refractivity contribution in [1.82, 2.24) is 5.32 Å². The van der Waals surface area contributed by atoms with Crippen LogP contribution in [-0.2, 0) is 11.3 Å². The molecule has 1 saturated heterocycles. The first-order chi connectivity index (χ1) is 8.46. The highest BCUT2D eigenvalue weighted by Crippen LogP contribution is 2.24. The molecule has 0 amide bonds. The largest absolute Gasteiger partial charge is 0.375 e. The molecule has 100 valence electrons. The van der Waals surface area contributed by atoms with E-state index in [1.165, 1.54) is 11.6 Å². The average Bonchev–Trinajstić information content (AvgIpc) is 2.26. The molecule has 0 aliphatic carbocycles. The molecule has 1 aliphatic rings. The van der Waals surface area contributed by atoms with E-state index in [-0.39, 0.29) is 11.4 Å². The monoisotopic (exact) mass is 251 g/mol. The number of ether oxygens (including phenoxy) is 1. The highest BCUT2D eigenvalue weighted by Gasteiger charge is 2.28. The molecule has 1 unspecified atom stereocenters. The van der Waals surface area contributed by atoms with E-state index in [4.69, 9.17) is 4.74 Å². The van der Waals surface area contributed by atoms with Gasteiger partial charge in [0.25, 0.3) is 0 Å². The first kappa shape index (κ1) is 13.5. The van der Waals surface area contributed by atoms with Crippen LogP contribution in [-0.4, -0.2) is 18.2 Å². The highest BCUT2D eigenvalue weighted by atomic mass is 19.1. The minimum absolute atomic E-state index is 0.0340. The summed E-state index contributed by atoms with van der Waals surface area (Å²) >= 11 is 0. The topological polar surface area (TPSA) is 21.3 Å². The van der Waals surface area contributed by atoms with Gasteiger partial charge in [-0.2, -0.15) is 0 Å². The van der Waals surface area contributed by atoms with Crippen LogP contribution in [0, 0.1) is 12.7 Å². The molecule has 1 aromatic carbocycles. The smallest absolute Gasteiger partial charge is 0.123 e. The Morgan fingerprint density at radius 2 is 2.22 bits per heavy atom. The fourth-order valence-electron chi connectivity index (χ4n) is 2.52. The maximum Gasteiger partial charge on any atom is 0.123 e. The molecule has 1 atom stereocenters. The minimum Gasteiger partial charge on any atom is -0.375 e. The van der Waals surface area contributed by atoms with Crippen molar-refractivity contribution in [3.05, 3.63) is 35.1 Å². The van der Waals surface area contributed by atoms with Crippen molar-refractivity contribution in [3.63, 3.8) is 0 Å². The van der Waals surface area contributed by atoms with Gasteiger partial charge >= 0.3 is 0 Å². The molecule has 3 heteroatoms. The Kier molecular flexibility index (Phi) is 4.03. The van der Waals surface area contributed by atoms with Crippen LogP contribution in [0.1, 0.15) is 37.8 Å². The van der Waals surface area contributed by atoms with Gasteiger partial charge in [0, 0.05) is 19.2 Å². The number of rotatable bonds is 3. The Bertz CT molecular complexity index is 417. The van der Waals surface area contributed by atoms with Crippen molar-refractivity contribution in [1.29, 1.82) is 0 Å². The number of hydrogen-bond donors (Lipinski definition) is 1. The van der Waals surface area contributed by atoms with Crippen molar-refractivity contribution in [2.75, 3.05) is 6.61 Å². The Hall–Kier alpha value is -0.930. The predicted octanol–water partition coefficient (Wildman–Crippen LogP) is 3.18. The number of hydrogen-bond acceptors (Lipinski definition) is 2. The third kappa shape index (κ3) is 3.53. The molecular weight excluding hydrogens is 229 g/mol. The van der Waals surface area contributed by atoms with Crippen molar-refractivity contribution in [2.45, 2.75) is 51.8 Å². The van der Waals surface area contributed by atoms with E-state index in [9.17, 15) is 4.39 Å². The quantitative estimate of drug-likeness (QED) is 0.891. The van der Waals surface area contributed by atoms with Crippen molar-refractivity contribution in [3.8, 4) is 0 Å². The third-order valence-corrected chi connectivity index (χ3v) is 3.58. The lowest BCUT2D eigenvalue weighted by Crippen LogP contribution is -2.43. The molecular formula is C15H22FNO. The molecule has 0 radical (unpaired) electrons. The average molecular weight is 251 g/mol. The summed E-state index contributed by atoms with van der Waals surface area (Å²) in [6.45, 7) is 7.82. The van der Waals surface area contributed by atoms with Gasteiger partial charge in [-0.3, -0.25) is 0 Å². The molecule has 1 fully saturated rings. The number of benzene rings is 1. The first-order valence-corrected chi connectivity index (χ1v) is 6.59. The number of aryl methyl sites for hydroxylation is 1. The zero-order valence-electron chi connectivity index (χ0n) is 11.4. The van der Waals surface area contributed by atoms with Crippen LogP contribution < -0.4 is 5.32 Å². The second kappa shape index (κ2) is 5.37. The maximum absolute atomic E-state index is 13.0. The van der Waals surface area contributed by atoms with Crippen molar-refractivity contribution < 1.29 is 9.13 Å². The molecule has 0 aromatic heterocycles. The van der Waals surface area contributed by atoms with Gasteiger partial charge in [-0.15, -0.1) is 0 Å². The van der Waals surface area contributed by atoms with Crippen LogP contribution in [0.15, 0.2) is 18.2 Å². The molecule has 1 aromatic rings. The first-order valence-electron chi connectivity index (χ1n) is 6.59. The molecule has 1 heterocycles. The van der Waals surface area contributed by atoms with E-state index in [2.05, 4.69) is 19.2 Å². The van der Waals surface area contributed by atoms with E-state index in [0.717, 1.165) is 31.6 Å². The normalized spacial score (nSPS) is 23.0. The fraction of sp³-hybridized carbons (Fsp3) is 0.600. The molecule has 0 bridgehead atoms. The second-order valence-electron chi connectivity index (χ2n) is 5.75. The molecule has 0 spiro atoms. The van der Waals surface area contributed by atoms with Crippen LogP contribution in [0.3, 0.4) is 0 Å². The highest BCUT2D eigenvalue weighted by molar-refractivity contribution is 5.26. The van der Waals surface area contributed by atoms with Gasteiger partial charge in [0.2, 0.25) is 0 Å². The summed E-state index contributed by atoms with van der Waals surface area (Å²) in [7, 11) is 0. The molecule has 2 rings (SSSR count). The summed E-state index contributed by atoms with van der Waals surface area (Å²) in [5, 5.41) is 3.55. The Balaban J connectivity index is 1.91. The SMILES string of the molecule is Cc1cc(F)ccc1CNC1CCOC(C)(C)C1. The zero-order valence-corrected chi connectivity index (χ0v) is 11.4. The molecule has 2 nitrogen and oxygen atoms in total. The van der Waals surface area contributed by atoms with Crippen LogP contribution in [0.5, 0.6) is 0 Å². The molecule has 18 heavy (non-hydrogen) atoms. The van der Waals surface area contributed by atoms with Gasteiger partial charge in [-0.05, 0) is 56.9 Å². The van der Waals surface area contributed by atoms with Crippen molar-refractivity contribution in [2.24, 2.45) is 0 Å². The van der Waals surface area contributed by atoms with E-state index in [1.807, 2.05) is 13.0 Å². The van der Waals surface area contributed by atoms with Crippen LogP contribution in [0.2, 0.25) is 0 Å². The Morgan fingerprint density at radius 1 is 1.44 bits per heavy atom. The van der Waals surface area contributed by atoms with Gasteiger partial charge in [-0.1, -0.05) is 6.07 Å². The van der Waals surface area contributed by atoms with Crippen LogP contribution >= 0.6 is 0 Å². The van der Waals surface area contributed by atoms with E-state index < -0.39 is 0 Å². The predicted molar refractivity (Wildman–Crippen MR) is 71.0 cm³/mol. The lowest BCUT2D eigenvalue weighted by molar-refractivity contribution is -0.0630. The summed E-state index contributed by atoms with van der Waals surface area (Å²) in [5.41, 5.74) is 2.14. The lowest BCUT2D eigenvalue weighted by atomic mass is 9.93.